The fourth-order valence-electron chi connectivity index (χ4n) is 3.32. The topological polar surface area (TPSA) is 68.3 Å². The number of benzene rings is 2. The number of aryl methyl sites for hydroxylation is 2. The van der Waals surface area contributed by atoms with Gasteiger partial charge in [-0.25, -0.2) is 0 Å². The van der Waals surface area contributed by atoms with E-state index >= 15 is 0 Å². The second-order valence-corrected chi connectivity index (χ2v) is 5.95. The van der Waals surface area contributed by atoms with Crippen molar-refractivity contribution in [1.82, 2.24) is 9.72 Å². The average molecular weight is 332 g/mol. The summed E-state index contributed by atoms with van der Waals surface area (Å²) in [6.45, 7) is 3.70. The van der Waals surface area contributed by atoms with Crippen LogP contribution in [0.1, 0.15) is 21.8 Å². The molecule has 0 aliphatic rings. The summed E-state index contributed by atoms with van der Waals surface area (Å²) in [6.07, 6.45) is 0.875. The van der Waals surface area contributed by atoms with Gasteiger partial charge in [-0.1, -0.05) is 23.4 Å². The Morgan fingerprint density at radius 3 is 2.44 bits per heavy atom. The summed E-state index contributed by atoms with van der Waals surface area (Å²) < 4.78 is 7.34. The fraction of sp³-hybridized carbons (Fsp3) is 0.100. The molecule has 124 valence electrons. The lowest BCUT2D eigenvalue weighted by atomic mass is 10.0. The fourth-order valence-corrected chi connectivity index (χ4v) is 3.32. The maximum atomic E-state index is 12.0. The van der Waals surface area contributed by atoms with Crippen molar-refractivity contribution in [3.63, 3.8) is 0 Å². The van der Waals surface area contributed by atoms with E-state index in [-0.39, 0.29) is 5.75 Å². The Bertz CT molecular complexity index is 1070. The smallest absolute Gasteiger partial charge is 0.152 e. The molecule has 5 heteroatoms. The summed E-state index contributed by atoms with van der Waals surface area (Å²) in [5.41, 5.74) is 4.63. The Balaban J connectivity index is 2.18. The first-order valence-electron chi connectivity index (χ1n) is 7.93. The van der Waals surface area contributed by atoms with Gasteiger partial charge in [0.25, 0.3) is 0 Å². The third kappa shape index (κ3) is 2.24. The van der Waals surface area contributed by atoms with E-state index in [4.69, 9.17) is 4.52 Å². The maximum absolute atomic E-state index is 12.0. The van der Waals surface area contributed by atoms with Crippen LogP contribution in [0.3, 0.4) is 0 Å². The van der Waals surface area contributed by atoms with Gasteiger partial charge in [-0.15, -0.1) is 0 Å². The van der Waals surface area contributed by atoms with E-state index in [2.05, 4.69) is 5.16 Å². The largest absolute Gasteiger partial charge is 0.508 e. The molecule has 1 N–H and O–H groups in total. The molecule has 0 amide bonds. The van der Waals surface area contributed by atoms with E-state index in [0.29, 0.717) is 11.3 Å². The molecule has 0 aliphatic heterocycles. The Labute approximate surface area is 144 Å². The van der Waals surface area contributed by atoms with Crippen LogP contribution in [0.2, 0.25) is 0 Å². The molecule has 0 saturated heterocycles. The first-order valence-corrected chi connectivity index (χ1v) is 7.93. The van der Waals surface area contributed by atoms with E-state index in [0.717, 1.165) is 39.8 Å². The van der Waals surface area contributed by atoms with Crippen molar-refractivity contribution < 1.29 is 14.4 Å². The molecule has 0 saturated carbocycles. The third-order valence-corrected chi connectivity index (χ3v) is 4.41. The zero-order chi connectivity index (χ0) is 17.6. The predicted octanol–water partition coefficient (Wildman–Crippen LogP) is 4.42. The molecule has 0 aliphatic carbocycles. The molecule has 0 fully saturated rings. The second kappa shape index (κ2) is 5.63. The number of carbonyl (C=O) groups excluding carboxylic acids is 1. The summed E-state index contributed by atoms with van der Waals surface area (Å²) in [7, 11) is 0. The van der Waals surface area contributed by atoms with Crippen LogP contribution in [0.25, 0.3) is 27.8 Å². The summed E-state index contributed by atoms with van der Waals surface area (Å²) >= 11 is 0. The number of fused-ring (bicyclic) bond motifs is 1. The molecule has 2 aromatic heterocycles. The maximum Gasteiger partial charge on any atom is 0.152 e. The average Bonchev–Trinajstić information content (AvgIpc) is 3.12. The number of carbonyl (C=O) groups is 1. The van der Waals surface area contributed by atoms with Crippen molar-refractivity contribution in [2.75, 3.05) is 0 Å². The number of para-hydroxylation sites is 1. The van der Waals surface area contributed by atoms with Crippen molar-refractivity contribution in [3.05, 3.63) is 65.5 Å². The highest BCUT2D eigenvalue weighted by atomic mass is 16.5. The minimum absolute atomic E-state index is 0.190. The molecule has 0 bridgehead atoms. The van der Waals surface area contributed by atoms with Crippen molar-refractivity contribution >= 4 is 17.2 Å². The first kappa shape index (κ1) is 15.2. The van der Waals surface area contributed by atoms with Gasteiger partial charge in [0.15, 0.2) is 6.29 Å². The predicted molar refractivity (Wildman–Crippen MR) is 95.3 cm³/mol. The number of phenols is 1. The number of aromatic hydroxyl groups is 1. The molecule has 0 spiro atoms. The summed E-state index contributed by atoms with van der Waals surface area (Å²) in [5.74, 6) is 0.846. The lowest BCUT2D eigenvalue weighted by Gasteiger charge is -2.11. The standard InChI is InChI=1S/C20H16N2O3/c1-12-19(13(2)25-21-12)20-17(11-23)16-5-3-4-6-18(16)22(20)14-7-9-15(24)10-8-14/h3-11,24H,1-2H3. The van der Waals surface area contributed by atoms with E-state index in [1.165, 1.54) is 0 Å². The molecule has 4 rings (SSSR count). The van der Waals surface area contributed by atoms with E-state index < -0.39 is 0 Å². The first-order chi connectivity index (χ1) is 12.1. The highest BCUT2D eigenvalue weighted by Crippen LogP contribution is 2.38. The van der Waals surface area contributed by atoms with Gasteiger partial charge < -0.3 is 14.2 Å². The summed E-state index contributed by atoms with van der Waals surface area (Å²) in [4.78, 5) is 12.0. The number of rotatable bonds is 3. The Hall–Kier alpha value is -3.34. The number of nitrogens with zero attached hydrogens (tertiary/aromatic N) is 2. The number of hydrogen-bond donors (Lipinski definition) is 1. The van der Waals surface area contributed by atoms with Crippen LogP contribution >= 0.6 is 0 Å². The van der Waals surface area contributed by atoms with Crippen molar-refractivity contribution in [2.24, 2.45) is 0 Å². The quantitative estimate of drug-likeness (QED) is 0.564. The van der Waals surface area contributed by atoms with Crippen LogP contribution in [0.15, 0.2) is 53.1 Å². The highest BCUT2D eigenvalue weighted by molar-refractivity contribution is 6.06. The molecule has 0 radical (unpaired) electrons. The molecule has 4 aromatic rings. The molecule has 2 aromatic carbocycles. The van der Waals surface area contributed by atoms with Crippen molar-refractivity contribution in [3.8, 4) is 22.7 Å². The van der Waals surface area contributed by atoms with Gasteiger partial charge >= 0.3 is 0 Å². The van der Waals surface area contributed by atoms with Crippen LogP contribution in [-0.2, 0) is 0 Å². The van der Waals surface area contributed by atoms with E-state index in [1.54, 1.807) is 12.1 Å². The van der Waals surface area contributed by atoms with Gasteiger partial charge in [0.2, 0.25) is 0 Å². The number of phenolic OH excluding ortho intramolecular Hbond substituents is 1. The zero-order valence-corrected chi connectivity index (χ0v) is 13.9. The summed E-state index contributed by atoms with van der Waals surface area (Å²) in [6, 6.07) is 14.6. The lowest BCUT2D eigenvalue weighted by molar-refractivity contribution is 0.112. The zero-order valence-electron chi connectivity index (χ0n) is 13.9. The van der Waals surface area contributed by atoms with Gasteiger partial charge in [0.1, 0.15) is 11.5 Å². The van der Waals surface area contributed by atoms with Gasteiger partial charge in [-0.3, -0.25) is 4.79 Å². The van der Waals surface area contributed by atoms with Gasteiger partial charge in [-0.05, 0) is 44.2 Å². The van der Waals surface area contributed by atoms with Crippen LogP contribution in [0.5, 0.6) is 5.75 Å². The van der Waals surface area contributed by atoms with Crippen LogP contribution in [0.4, 0.5) is 0 Å². The lowest BCUT2D eigenvalue weighted by Crippen LogP contribution is -1.99. The van der Waals surface area contributed by atoms with Gasteiger partial charge in [0, 0.05) is 16.6 Å². The van der Waals surface area contributed by atoms with Crippen molar-refractivity contribution in [1.29, 1.82) is 0 Å². The number of aromatic nitrogens is 2. The number of aldehydes is 1. The normalized spacial score (nSPS) is 11.1. The molecule has 25 heavy (non-hydrogen) atoms. The van der Waals surface area contributed by atoms with Crippen molar-refractivity contribution in [2.45, 2.75) is 13.8 Å². The Morgan fingerprint density at radius 2 is 1.80 bits per heavy atom. The molecule has 0 atom stereocenters. The van der Waals surface area contributed by atoms with Gasteiger partial charge in [0.05, 0.1) is 22.5 Å². The Kier molecular flexibility index (Phi) is 3.42. The van der Waals surface area contributed by atoms with E-state index in [1.807, 2.05) is 54.8 Å². The molecule has 5 nitrogen and oxygen atoms in total. The second-order valence-electron chi connectivity index (χ2n) is 5.95. The molecule has 2 heterocycles. The SMILES string of the molecule is Cc1noc(C)c1-c1c(C=O)c2ccccc2n1-c1ccc(O)cc1. The Morgan fingerprint density at radius 1 is 1.08 bits per heavy atom. The number of hydrogen-bond acceptors (Lipinski definition) is 4. The van der Waals surface area contributed by atoms with Crippen LogP contribution < -0.4 is 0 Å². The van der Waals surface area contributed by atoms with Crippen LogP contribution in [0, 0.1) is 13.8 Å². The molecular weight excluding hydrogens is 316 g/mol. The minimum atomic E-state index is 0.190. The highest BCUT2D eigenvalue weighted by Gasteiger charge is 2.24. The summed E-state index contributed by atoms with van der Waals surface area (Å²) in [5, 5.41) is 14.5. The molecule has 0 unspecified atom stereocenters. The minimum Gasteiger partial charge on any atom is -0.508 e. The molecular formula is C20H16N2O3. The third-order valence-electron chi connectivity index (χ3n) is 4.41. The van der Waals surface area contributed by atoms with Crippen LogP contribution in [-0.4, -0.2) is 21.1 Å². The monoisotopic (exact) mass is 332 g/mol. The van der Waals surface area contributed by atoms with Gasteiger partial charge in [-0.2, -0.15) is 0 Å². The van der Waals surface area contributed by atoms with E-state index in [9.17, 15) is 9.90 Å².